The van der Waals surface area contributed by atoms with Crippen molar-refractivity contribution in [1.29, 1.82) is 0 Å². The molecule has 1 spiro atoms. The lowest BCUT2D eigenvalue weighted by molar-refractivity contribution is 0.309. The van der Waals surface area contributed by atoms with E-state index in [1.54, 1.807) is 6.20 Å². The zero-order valence-corrected chi connectivity index (χ0v) is 18.5. The summed E-state index contributed by atoms with van der Waals surface area (Å²) in [6, 6.07) is 4.16. The second-order valence-electron chi connectivity index (χ2n) is 7.65. The van der Waals surface area contributed by atoms with Gasteiger partial charge >= 0.3 is 0 Å². The zero-order valence-electron chi connectivity index (χ0n) is 16.2. The molecule has 0 aromatic carbocycles. The third-order valence-corrected chi connectivity index (χ3v) is 5.95. The molecule has 1 N–H and O–H groups in total. The van der Waals surface area contributed by atoms with E-state index >= 15 is 0 Å². The van der Waals surface area contributed by atoms with Gasteiger partial charge in [-0.1, -0.05) is 18.9 Å². The standard InChI is InChI=1S/C20H28N6.HI/c1-16-22-10-12-26(16)18-6-5-17(13-23-18)14-24-19(21-2)25-11-9-20(15-25)7-3-4-8-20;/h5-6,10,12-13H,3-4,7-9,11,14-15H2,1-2H3,(H,21,24);1H. The molecule has 146 valence electrons. The number of imidazole rings is 1. The summed E-state index contributed by atoms with van der Waals surface area (Å²) in [5.41, 5.74) is 1.71. The van der Waals surface area contributed by atoms with Gasteiger partial charge in [-0.2, -0.15) is 0 Å². The highest BCUT2D eigenvalue weighted by atomic mass is 127. The molecule has 0 atom stereocenters. The maximum Gasteiger partial charge on any atom is 0.193 e. The van der Waals surface area contributed by atoms with Crippen LogP contribution in [0.2, 0.25) is 0 Å². The first-order chi connectivity index (χ1) is 12.7. The number of guanidine groups is 1. The van der Waals surface area contributed by atoms with E-state index in [0.29, 0.717) is 5.41 Å². The summed E-state index contributed by atoms with van der Waals surface area (Å²) in [5.74, 6) is 2.86. The molecule has 2 aromatic rings. The molecule has 2 aliphatic rings. The number of halogens is 1. The van der Waals surface area contributed by atoms with E-state index in [2.05, 4.69) is 31.2 Å². The molecular formula is C20H29IN6. The van der Waals surface area contributed by atoms with Crippen LogP contribution >= 0.6 is 24.0 Å². The van der Waals surface area contributed by atoms with Gasteiger partial charge in [0.1, 0.15) is 11.6 Å². The minimum Gasteiger partial charge on any atom is -0.352 e. The maximum absolute atomic E-state index is 4.57. The Morgan fingerprint density at radius 1 is 1.22 bits per heavy atom. The van der Waals surface area contributed by atoms with Crippen LogP contribution < -0.4 is 5.32 Å². The minimum absolute atomic E-state index is 0. The van der Waals surface area contributed by atoms with Crippen LogP contribution in [0.25, 0.3) is 5.82 Å². The van der Waals surface area contributed by atoms with Crippen molar-refractivity contribution in [3.63, 3.8) is 0 Å². The van der Waals surface area contributed by atoms with E-state index in [0.717, 1.165) is 42.8 Å². The van der Waals surface area contributed by atoms with Crippen molar-refractivity contribution in [1.82, 2.24) is 24.8 Å². The van der Waals surface area contributed by atoms with Gasteiger partial charge in [0, 0.05) is 45.3 Å². The Morgan fingerprint density at radius 2 is 2.04 bits per heavy atom. The molecule has 1 saturated heterocycles. The van der Waals surface area contributed by atoms with Crippen molar-refractivity contribution < 1.29 is 0 Å². The van der Waals surface area contributed by atoms with Crippen LogP contribution in [0.1, 0.15) is 43.5 Å². The molecule has 27 heavy (non-hydrogen) atoms. The highest BCUT2D eigenvalue weighted by Crippen LogP contribution is 2.45. The average Bonchev–Trinajstić information content (AvgIpc) is 3.40. The van der Waals surface area contributed by atoms with Gasteiger partial charge in [0.25, 0.3) is 0 Å². The lowest BCUT2D eigenvalue weighted by Gasteiger charge is -2.26. The maximum atomic E-state index is 4.57. The van der Waals surface area contributed by atoms with Crippen molar-refractivity contribution in [2.24, 2.45) is 10.4 Å². The molecule has 3 heterocycles. The predicted octanol–water partition coefficient (Wildman–Crippen LogP) is 3.54. The first kappa shape index (κ1) is 20.1. The molecule has 1 aliphatic carbocycles. The minimum atomic E-state index is 0. The first-order valence-electron chi connectivity index (χ1n) is 9.60. The van der Waals surface area contributed by atoms with E-state index in [1.807, 2.05) is 37.0 Å². The van der Waals surface area contributed by atoms with Crippen LogP contribution in [-0.4, -0.2) is 45.5 Å². The SMILES string of the molecule is CN=C(NCc1ccc(-n2ccnc2C)nc1)N1CCC2(CCCC2)C1.I. The van der Waals surface area contributed by atoms with Crippen LogP contribution in [-0.2, 0) is 6.54 Å². The Hall–Kier alpha value is -1.64. The Labute approximate surface area is 178 Å². The molecule has 0 bridgehead atoms. The Bertz CT molecular complexity index is 776. The molecule has 1 saturated carbocycles. The Balaban J connectivity index is 0.00000210. The highest BCUT2D eigenvalue weighted by Gasteiger charge is 2.41. The van der Waals surface area contributed by atoms with E-state index < -0.39 is 0 Å². The molecule has 1 aliphatic heterocycles. The molecule has 4 rings (SSSR count). The van der Waals surface area contributed by atoms with Crippen molar-refractivity contribution in [2.75, 3.05) is 20.1 Å². The van der Waals surface area contributed by atoms with Gasteiger partial charge in [-0.15, -0.1) is 24.0 Å². The van der Waals surface area contributed by atoms with Crippen molar-refractivity contribution in [3.05, 3.63) is 42.1 Å². The summed E-state index contributed by atoms with van der Waals surface area (Å²) in [7, 11) is 1.88. The number of likely N-dealkylation sites (tertiary alicyclic amines) is 1. The monoisotopic (exact) mass is 480 g/mol. The molecule has 7 heteroatoms. The van der Waals surface area contributed by atoms with Crippen molar-refractivity contribution in [3.8, 4) is 5.82 Å². The topological polar surface area (TPSA) is 58.3 Å². The van der Waals surface area contributed by atoms with Gasteiger partial charge in [-0.3, -0.25) is 9.56 Å². The number of pyridine rings is 1. The third-order valence-electron chi connectivity index (χ3n) is 5.95. The second-order valence-corrected chi connectivity index (χ2v) is 7.65. The van der Waals surface area contributed by atoms with Gasteiger partial charge in [0.2, 0.25) is 0 Å². The number of rotatable bonds is 3. The van der Waals surface area contributed by atoms with Crippen LogP contribution in [0.3, 0.4) is 0 Å². The van der Waals surface area contributed by atoms with Crippen LogP contribution in [0.5, 0.6) is 0 Å². The number of nitrogens with zero attached hydrogens (tertiary/aromatic N) is 5. The van der Waals surface area contributed by atoms with E-state index in [-0.39, 0.29) is 24.0 Å². The molecule has 0 amide bonds. The summed E-state index contributed by atoms with van der Waals surface area (Å²) in [5, 5.41) is 3.52. The summed E-state index contributed by atoms with van der Waals surface area (Å²) < 4.78 is 1.99. The van der Waals surface area contributed by atoms with Crippen LogP contribution in [0.4, 0.5) is 0 Å². The van der Waals surface area contributed by atoms with Crippen LogP contribution in [0.15, 0.2) is 35.7 Å². The molecule has 6 nitrogen and oxygen atoms in total. The third kappa shape index (κ3) is 4.28. The number of nitrogens with one attached hydrogen (secondary N) is 1. The smallest absolute Gasteiger partial charge is 0.193 e. The van der Waals surface area contributed by atoms with E-state index in [9.17, 15) is 0 Å². The molecule has 2 aromatic heterocycles. The largest absolute Gasteiger partial charge is 0.352 e. The predicted molar refractivity (Wildman–Crippen MR) is 119 cm³/mol. The van der Waals surface area contributed by atoms with Crippen molar-refractivity contribution in [2.45, 2.75) is 45.6 Å². The quantitative estimate of drug-likeness (QED) is 0.415. The second kappa shape index (κ2) is 8.58. The first-order valence-corrected chi connectivity index (χ1v) is 9.60. The summed E-state index contributed by atoms with van der Waals surface area (Å²) in [6.45, 7) is 5.00. The van der Waals surface area contributed by atoms with Gasteiger partial charge in [0.15, 0.2) is 5.96 Å². The fourth-order valence-corrected chi connectivity index (χ4v) is 4.45. The Kier molecular flexibility index (Phi) is 6.39. The molecule has 2 fully saturated rings. The van der Waals surface area contributed by atoms with Gasteiger partial charge in [-0.05, 0) is 43.2 Å². The number of aryl methyl sites for hydroxylation is 1. The van der Waals surface area contributed by atoms with Gasteiger partial charge < -0.3 is 10.2 Å². The van der Waals surface area contributed by atoms with Crippen LogP contribution in [0, 0.1) is 12.3 Å². The van der Waals surface area contributed by atoms with Gasteiger partial charge in [-0.25, -0.2) is 9.97 Å². The number of hydrogen-bond donors (Lipinski definition) is 1. The zero-order chi connectivity index (χ0) is 18.0. The molecule has 0 unspecified atom stereocenters. The lowest BCUT2D eigenvalue weighted by atomic mass is 9.86. The fourth-order valence-electron chi connectivity index (χ4n) is 4.45. The number of aromatic nitrogens is 3. The summed E-state index contributed by atoms with van der Waals surface area (Å²) in [4.78, 5) is 15.8. The number of hydrogen-bond acceptors (Lipinski definition) is 3. The van der Waals surface area contributed by atoms with Gasteiger partial charge in [0.05, 0.1) is 0 Å². The average molecular weight is 480 g/mol. The van der Waals surface area contributed by atoms with E-state index in [4.69, 9.17) is 0 Å². The number of aliphatic imine (C=N–C) groups is 1. The highest BCUT2D eigenvalue weighted by molar-refractivity contribution is 14.0. The summed E-state index contributed by atoms with van der Waals surface area (Å²) in [6.07, 6.45) is 12.5. The normalized spacial score (nSPS) is 18.7. The Morgan fingerprint density at radius 3 is 2.67 bits per heavy atom. The fraction of sp³-hybridized carbons (Fsp3) is 0.550. The molecule has 0 radical (unpaired) electrons. The summed E-state index contributed by atoms with van der Waals surface area (Å²) >= 11 is 0. The van der Waals surface area contributed by atoms with Crippen molar-refractivity contribution >= 4 is 29.9 Å². The molecular weight excluding hydrogens is 451 g/mol. The van der Waals surface area contributed by atoms with E-state index in [1.165, 1.54) is 32.1 Å². The lowest BCUT2D eigenvalue weighted by Crippen LogP contribution is -2.40.